The largest absolute Gasteiger partial charge is 0.351 e. The molecule has 5 atom stereocenters. The quantitative estimate of drug-likeness (QED) is 0.569. The molecule has 6 heteroatoms. The first kappa shape index (κ1) is 23.6. The van der Waals surface area contributed by atoms with E-state index in [1.165, 1.54) is 6.42 Å². The lowest BCUT2D eigenvalue weighted by Gasteiger charge is -2.46. The van der Waals surface area contributed by atoms with Gasteiger partial charge in [0.15, 0.2) is 5.82 Å². The number of aromatic nitrogens is 2. The molecule has 2 aliphatic rings. The summed E-state index contributed by atoms with van der Waals surface area (Å²) in [5.74, 6) is 1.23. The number of imidazole rings is 1. The van der Waals surface area contributed by atoms with Gasteiger partial charge in [0, 0.05) is 12.6 Å². The van der Waals surface area contributed by atoms with Crippen molar-refractivity contribution in [3.05, 3.63) is 66.0 Å². The van der Waals surface area contributed by atoms with Crippen LogP contribution in [-0.2, 0) is 11.3 Å². The van der Waals surface area contributed by atoms with E-state index < -0.39 is 5.54 Å². The number of rotatable bonds is 5. The van der Waals surface area contributed by atoms with Crippen molar-refractivity contribution in [3.63, 3.8) is 0 Å². The van der Waals surface area contributed by atoms with Crippen LogP contribution in [0.25, 0.3) is 11.0 Å². The van der Waals surface area contributed by atoms with Gasteiger partial charge in [-0.1, -0.05) is 76.1 Å². The van der Waals surface area contributed by atoms with Gasteiger partial charge in [-0.15, -0.1) is 0 Å². The third-order valence-electron chi connectivity index (χ3n) is 8.49. The molecular weight excluding hydrogens is 436 g/mol. The Labute approximate surface area is 207 Å². The van der Waals surface area contributed by atoms with Crippen molar-refractivity contribution in [2.75, 3.05) is 6.54 Å². The molecule has 1 fully saturated rings. The van der Waals surface area contributed by atoms with Gasteiger partial charge in [-0.2, -0.15) is 0 Å². The van der Waals surface area contributed by atoms with E-state index in [1.807, 2.05) is 54.0 Å². The molecule has 0 spiro atoms. The zero-order chi connectivity index (χ0) is 24.7. The third-order valence-corrected chi connectivity index (χ3v) is 8.49. The summed E-state index contributed by atoms with van der Waals surface area (Å²) in [6.45, 7) is 9.38. The number of para-hydroxylation sites is 2. The number of carbonyl (C=O) groups is 2. The fourth-order valence-electron chi connectivity index (χ4n) is 5.89. The van der Waals surface area contributed by atoms with E-state index in [0.29, 0.717) is 30.7 Å². The Morgan fingerprint density at radius 1 is 1.11 bits per heavy atom. The number of hydrogen-bond acceptors (Lipinski definition) is 3. The van der Waals surface area contributed by atoms with Crippen LogP contribution < -0.4 is 5.32 Å². The Morgan fingerprint density at radius 2 is 1.83 bits per heavy atom. The second-order valence-corrected chi connectivity index (χ2v) is 10.9. The Hall–Kier alpha value is -3.15. The number of hydrogen-bond donors (Lipinski definition) is 1. The van der Waals surface area contributed by atoms with Crippen LogP contribution >= 0.6 is 0 Å². The SMILES string of the molecule is CC(CN1C(=O)c2nc3ccccc3n2CC1(C)C(=O)NC1CCCC(C)C1C)c1ccccc1. The van der Waals surface area contributed by atoms with Gasteiger partial charge in [0.2, 0.25) is 5.91 Å². The highest BCUT2D eigenvalue weighted by Gasteiger charge is 2.49. The summed E-state index contributed by atoms with van der Waals surface area (Å²) in [6, 6.07) is 18.1. The van der Waals surface area contributed by atoms with Crippen molar-refractivity contribution in [2.24, 2.45) is 11.8 Å². The smallest absolute Gasteiger partial charge is 0.290 e. The van der Waals surface area contributed by atoms with Crippen LogP contribution in [0.15, 0.2) is 54.6 Å². The lowest BCUT2D eigenvalue weighted by molar-refractivity contribution is -0.134. The van der Waals surface area contributed by atoms with Gasteiger partial charge in [-0.05, 0) is 48.8 Å². The minimum atomic E-state index is -1.02. The van der Waals surface area contributed by atoms with Gasteiger partial charge >= 0.3 is 0 Å². The Kier molecular flexibility index (Phi) is 6.16. The van der Waals surface area contributed by atoms with Crippen molar-refractivity contribution >= 4 is 22.8 Å². The van der Waals surface area contributed by atoms with Crippen LogP contribution in [0, 0.1) is 11.8 Å². The van der Waals surface area contributed by atoms with Gasteiger partial charge in [-0.3, -0.25) is 9.59 Å². The van der Waals surface area contributed by atoms with Crippen molar-refractivity contribution < 1.29 is 9.59 Å². The normalized spacial score (nSPS) is 27.5. The summed E-state index contributed by atoms with van der Waals surface area (Å²) < 4.78 is 1.94. The summed E-state index contributed by atoms with van der Waals surface area (Å²) in [5, 5.41) is 3.38. The average Bonchev–Trinajstić information content (AvgIpc) is 3.23. The molecule has 5 rings (SSSR count). The van der Waals surface area contributed by atoms with E-state index in [9.17, 15) is 9.59 Å². The molecular formula is C29H36N4O2. The van der Waals surface area contributed by atoms with Crippen LogP contribution in [0.1, 0.15) is 69.1 Å². The Morgan fingerprint density at radius 3 is 2.60 bits per heavy atom. The van der Waals surface area contributed by atoms with E-state index in [-0.39, 0.29) is 23.8 Å². The number of carbonyl (C=O) groups excluding carboxylic acids is 2. The maximum Gasteiger partial charge on any atom is 0.290 e. The molecule has 184 valence electrons. The summed E-state index contributed by atoms with van der Waals surface area (Å²) in [7, 11) is 0. The van der Waals surface area contributed by atoms with Crippen LogP contribution in [-0.4, -0.2) is 44.4 Å². The zero-order valence-corrected chi connectivity index (χ0v) is 21.2. The first-order valence-corrected chi connectivity index (χ1v) is 12.9. The monoisotopic (exact) mass is 472 g/mol. The highest BCUT2D eigenvalue weighted by Crippen LogP contribution is 2.34. The van der Waals surface area contributed by atoms with Crippen molar-refractivity contribution in [1.82, 2.24) is 19.8 Å². The molecule has 1 aromatic heterocycles. The molecule has 2 amide bonds. The fraction of sp³-hybridized carbons (Fsp3) is 0.483. The fourth-order valence-corrected chi connectivity index (χ4v) is 5.89. The summed E-state index contributed by atoms with van der Waals surface area (Å²) in [4.78, 5) is 34.4. The molecule has 3 aromatic rings. The van der Waals surface area contributed by atoms with Crippen molar-refractivity contribution in [1.29, 1.82) is 0 Å². The lowest BCUT2D eigenvalue weighted by Crippen LogP contribution is -2.66. The van der Waals surface area contributed by atoms with E-state index >= 15 is 0 Å². The second-order valence-electron chi connectivity index (χ2n) is 10.9. The zero-order valence-electron chi connectivity index (χ0n) is 21.2. The van der Waals surface area contributed by atoms with Crippen LogP contribution in [0.5, 0.6) is 0 Å². The summed E-state index contributed by atoms with van der Waals surface area (Å²) >= 11 is 0. The molecule has 1 N–H and O–H groups in total. The average molecular weight is 473 g/mol. The van der Waals surface area contributed by atoms with E-state index in [2.05, 4.69) is 43.2 Å². The predicted molar refractivity (Wildman–Crippen MR) is 138 cm³/mol. The predicted octanol–water partition coefficient (Wildman–Crippen LogP) is 5.00. The molecule has 0 bridgehead atoms. The van der Waals surface area contributed by atoms with Gasteiger partial charge in [0.25, 0.3) is 5.91 Å². The van der Waals surface area contributed by atoms with Crippen LogP contribution in [0.4, 0.5) is 0 Å². The second kappa shape index (κ2) is 9.14. The molecule has 2 heterocycles. The number of benzene rings is 2. The molecule has 0 radical (unpaired) electrons. The van der Waals surface area contributed by atoms with Gasteiger partial charge in [-0.25, -0.2) is 4.98 Å². The molecule has 1 aliphatic heterocycles. The topological polar surface area (TPSA) is 67.2 Å². The maximum atomic E-state index is 14.0. The number of nitrogens with one attached hydrogen (secondary N) is 1. The van der Waals surface area contributed by atoms with Gasteiger partial charge in [0.1, 0.15) is 5.54 Å². The Balaban J connectivity index is 1.52. The highest BCUT2D eigenvalue weighted by molar-refractivity contribution is 6.01. The minimum Gasteiger partial charge on any atom is -0.351 e. The number of fused-ring (bicyclic) bond motifs is 3. The van der Waals surface area contributed by atoms with E-state index in [0.717, 1.165) is 29.4 Å². The number of nitrogens with zero attached hydrogens (tertiary/aromatic N) is 3. The Bertz CT molecular complexity index is 1240. The first-order chi connectivity index (χ1) is 16.8. The standard InChI is InChI=1S/C29H36N4O2/c1-19-11-10-15-23(21(19)3)31-28(35)29(4)18-32-25-16-9-8-14-24(25)30-26(32)27(34)33(29)17-20(2)22-12-6-5-7-13-22/h5-9,12-14,16,19-21,23H,10-11,15,17-18H2,1-4H3,(H,31,35). The molecule has 0 saturated heterocycles. The molecule has 5 unspecified atom stereocenters. The van der Waals surface area contributed by atoms with Gasteiger partial charge < -0.3 is 14.8 Å². The molecule has 35 heavy (non-hydrogen) atoms. The van der Waals surface area contributed by atoms with Crippen molar-refractivity contribution in [2.45, 2.75) is 71.0 Å². The molecule has 6 nitrogen and oxygen atoms in total. The molecule has 1 saturated carbocycles. The lowest BCUT2D eigenvalue weighted by atomic mass is 9.77. The number of amides is 2. The van der Waals surface area contributed by atoms with E-state index in [1.54, 1.807) is 4.90 Å². The maximum absolute atomic E-state index is 14.0. The third kappa shape index (κ3) is 4.13. The van der Waals surface area contributed by atoms with Crippen molar-refractivity contribution in [3.8, 4) is 0 Å². The van der Waals surface area contributed by atoms with E-state index in [4.69, 9.17) is 0 Å². The van der Waals surface area contributed by atoms with Gasteiger partial charge in [0.05, 0.1) is 17.6 Å². The summed E-state index contributed by atoms with van der Waals surface area (Å²) in [5.41, 5.74) is 1.81. The van der Waals surface area contributed by atoms with Crippen LogP contribution in [0.3, 0.4) is 0 Å². The highest BCUT2D eigenvalue weighted by atomic mass is 16.2. The first-order valence-electron chi connectivity index (χ1n) is 12.9. The van der Waals surface area contributed by atoms with Crippen LogP contribution in [0.2, 0.25) is 0 Å². The summed E-state index contributed by atoms with van der Waals surface area (Å²) in [6.07, 6.45) is 3.31. The molecule has 1 aliphatic carbocycles. The molecule has 2 aromatic carbocycles. The minimum absolute atomic E-state index is 0.0690.